The summed E-state index contributed by atoms with van der Waals surface area (Å²) in [6.45, 7) is 6.52. The Morgan fingerprint density at radius 3 is 2.42 bits per heavy atom. The minimum absolute atomic E-state index is 0.371. The van der Waals surface area contributed by atoms with Crippen molar-refractivity contribution in [2.45, 2.75) is 36.6 Å². The van der Waals surface area contributed by atoms with Crippen molar-refractivity contribution in [2.75, 3.05) is 7.05 Å². The molecule has 1 nitrogen and oxygen atoms in total. The second-order valence-corrected chi connectivity index (χ2v) is 6.01. The Morgan fingerprint density at radius 1 is 1.00 bits per heavy atom. The fourth-order valence-electron chi connectivity index (χ4n) is 1.99. The molecule has 19 heavy (non-hydrogen) atoms. The summed E-state index contributed by atoms with van der Waals surface area (Å²) in [5, 5.41) is 3.31. The van der Waals surface area contributed by atoms with E-state index in [0.29, 0.717) is 6.04 Å². The van der Waals surface area contributed by atoms with E-state index in [1.54, 1.807) is 0 Å². The van der Waals surface area contributed by atoms with Gasteiger partial charge in [-0.25, -0.2) is 0 Å². The number of benzene rings is 2. The van der Waals surface area contributed by atoms with Gasteiger partial charge in [-0.3, -0.25) is 0 Å². The molecule has 0 radical (unpaired) electrons. The van der Waals surface area contributed by atoms with E-state index in [1.165, 1.54) is 26.5 Å². The molecule has 1 unspecified atom stereocenters. The normalized spacial score (nSPS) is 12.4. The van der Waals surface area contributed by atoms with E-state index in [-0.39, 0.29) is 0 Å². The molecule has 0 saturated carbocycles. The Morgan fingerprint density at radius 2 is 1.74 bits per heavy atom. The first-order valence-electron chi connectivity index (χ1n) is 6.63. The Kier molecular flexibility index (Phi) is 4.67. The van der Waals surface area contributed by atoms with Crippen LogP contribution in [0.5, 0.6) is 0 Å². The smallest absolute Gasteiger partial charge is 0.0300 e. The van der Waals surface area contributed by atoms with E-state index in [0.717, 1.165) is 0 Å². The van der Waals surface area contributed by atoms with E-state index >= 15 is 0 Å². The molecule has 0 aliphatic heterocycles. The highest BCUT2D eigenvalue weighted by atomic mass is 32.2. The van der Waals surface area contributed by atoms with Crippen LogP contribution in [0.25, 0.3) is 0 Å². The van der Waals surface area contributed by atoms with Crippen molar-refractivity contribution in [1.82, 2.24) is 5.32 Å². The summed E-state index contributed by atoms with van der Waals surface area (Å²) in [5.74, 6) is 0. The minimum Gasteiger partial charge on any atom is -0.313 e. The van der Waals surface area contributed by atoms with Crippen LogP contribution in [0.2, 0.25) is 0 Å². The molecular formula is C17H21NS. The van der Waals surface area contributed by atoms with Crippen molar-refractivity contribution in [1.29, 1.82) is 0 Å². The number of rotatable bonds is 4. The van der Waals surface area contributed by atoms with Crippen LogP contribution < -0.4 is 5.32 Å². The highest BCUT2D eigenvalue weighted by Gasteiger charge is 2.09. The summed E-state index contributed by atoms with van der Waals surface area (Å²) in [5.41, 5.74) is 4.05. The lowest BCUT2D eigenvalue weighted by Crippen LogP contribution is -2.12. The summed E-state index contributed by atoms with van der Waals surface area (Å²) in [6.07, 6.45) is 0. The summed E-state index contributed by atoms with van der Waals surface area (Å²) in [6, 6.07) is 15.6. The van der Waals surface area contributed by atoms with Gasteiger partial charge in [-0.2, -0.15) is 0 Å². The van der Waals surface area contributed by atoms with Crippen molar-refractivity contribution in [3.63, 3.8) is 0 Å². The van der Waals surface area contributed by atoms with E-state index < -0.39 is 0 Å². The molecule has 0 aliphatic rings. The first kappa shape index (κ1) is 14.2. The topological polar surface area (TPSA) is 12.0 Å². The SMILES string of the molecule is CNC(C)c1ccccc1Sc1ccc(C)c(C)c1. The molecule has 0 aliphatic carbocycles. The summed E-state index contributed by atoms with van der Waals surface area (Å²) in [4.78, 5) is 2.63. The fraction of sp³-hybridized carbons (Fsp3) is 0.294. The van der Waals surface area contributed by atoms with Crippen LogP contribution in [-0.2, 0) is 0 Å². The highest BCUT2D eigenvalue weighted by molar-refractivity contribution is 7.99. The van der Waals surface area contributed by atoms with Crippen molar-refractivity contribution < 1.29 is 0 Å². The number of hydrogen-bond acceptors (Lipinski definition) is 2. The monoisotopic (exact) mass is 271 g/mol. The van der Waals surface area contributed by atoms with Crippen LogP contribution in [0, 0.1) is 13.8 Å². The zero-order valence-electron chi connectivity index (χ0n) is 12.0. The van der Waals surface area contributed by atoms with Crippen LogP contribution in [-0.4, -0.2) is 7.05 Å². The third kappa shape index (κ3) is 3.40. The van der Waals surface area contributed by atoms with Gasteiger partial charge in [0, 0.05) is 15.8 Å². The molecule has 1 atom stereocenters. The predicted octanol–water partition coefficient (Wildman–Crippen LogP) is 4.74. The van der Waals surface area contributed by atoms with E-state index in [1.807, 2.05) is 18.8 Å². The fourth-order valence-corrected chi connectivity index (χ4v) is 3.13. The van der Waals surface area contributed by atoms with Gasteiger partial charge in [-0.1, -0.05) is 36.0 Å². The van der Waals surface area contributed by atoms with E-state index in [2.05, 4.69) is 68.6 Å². The van der Waals surface area contributed by atoms with Gasteiger partial charge in [0.15, 0.2) is 0 Å². The molecule has 0 spiro atoms. The quantitative estimate of drug-likeness (QED) is 0.862. The van der Waals surface area contributed by atoms with Crippen LogP contribution in [0.3, 0.4) is 0 Å². The lowest BCUT2D eigenvalue weighted by molar-refractivity contribution is 0.641. The van der Waals surface area contributed by atoms with Crippen molar-refractivity contribution in [3.8, 4) is 0 Å². The zero-order valence-corrected chi connectivity index (χ0v) is 12.8. The zero-order chi connectivity index (χ0) is 13.8. The Balaban J connectivity index is 2.30. The number of hydrogen-bond donors (Lipinski definition) is 1. The Hall–Kier alpha value is -1.25. The molecule has 2 heteroatoms. The minimum atomic E-state index is 0.371. The van der Waals surface area contributed by atoms with Gasteiger partial charge in [0.05, 0.1) is 0 Å². The lowest BCUT2D eigenvalue weighted by Gasteiger charge is -2.15. The van der Waals surface area contributed by atoms with Crippen LogP contribution in [0.15, 0.2) is 52.3 Å². The number of nitrogens with one attached hydrogen (secondary N) is 1. The molecule has 0 saturated heterocycles. The third-order valence-corrected chi connectivity index (χ3v) is 4.61. The number of aryl methyl sites for hydroxylation is 2. The van der Waals surface area contributed by atoms with Crippen molar-refractivity contribution >= 4 is 11.8 Å². The third-order valence-electron chi connectivity index (χ3n) is 3.52. The van der Waals surface area contributed by atoms with E-state index in [9.17, 15) is 0 Å². The van der Waals surface area contributed by atoms with Crippen LogP contribution in [0.4, 0.5) is 0 Å². The maximum absolute atomic E-state index is 3.31. The summed E-state index contributed by atoms with van der Waals surface area (Å²) >= 11 is 1.84. The van der Waals surface area contributed by atoms with Gasteiger partial charge < -0.3 is 5.32 Å². The van der Waals surface area contributed by atoms with Crippen molar-refractivity contribution in [2.24, 2.45) is 0 Å². The van der Waals surface area contributed by atoms with Gasteiger partial charge in [0.25, 0.3) is 0 Å². The highest BCUT2D eigenvalue weighted by Crippen LogP contribution is 2.33. The average molecular weight is 271 g/mol. The first-order valence-corrected chi connectivity index (χ1v) is 7.44. The summed E-state index contributed by atoms with van der Waals surface area (Å²) < 4.78 is 0. The summed E-state index contributed by atoms with van der Waals surface area (Å²) in [7, 11) is 2.00. The van der Waals surface area contributed by atoms with Gasteiger partial charge in [-0.15, -0.1) is 0 Å². The van der Waals surface area contributed by atoms with Gasteiger partial charge in [0.2, 0.25) is 0 Å². The predicted molar refractivity (Wildman–Crippen MR) is 84.0 cm³/mol. The maximum atomic E-state index is 3.31. The Bertz CT molecular complexity index is 563. The average Bonchev–Trinajstić information content (AvgIpc) is 2.43. The van der Waals surface area contributed by atoms with E-state index in [4.69, 9.17) is 0 Å². The first-order chi connectivity index (χ1) is 9.11. The second kappa shape index (κ2) is 6.27. The molecule has 0 bridgehead atoms. The largest absolute Gasteiger partial charge is 0.313 e. The molecule has 1 N–H and O–H groups in total. The molecule has 2 rings (SSSR count). The van der Waals surface area contributed by atoms with Crippen LogP contribution in [0.1, 0.15) is 29.7 Å². The molecular weight excluding hydrogens is 250 g/mol. The Labute approximate surface area is 120 Å². The van der Waals surface area contributed by atoms with Crippen molar-refractivity contribution in [3.05, 3.63) is 59.2 Å². The lowest BCUT2D eigenvalue weighted by atomic mass is 10.1. The second-order valence-electron chi connectivity index (χ2n) is 4.90. The molecule has 0 aromatic heterocycles. The van der Waals surface area contributed by atoms with Crippen LogP contribution >= 0.6 is 11.8 Å². The van der Waals surface area contributed by atoms with Gasteiger partial charge in [-0.05, 0) is 62.7 Å². The standard InChI is InChI=1S/C17H21NS/c1-12-9-10-15(11-13(12)2)19-17-8-6-5-7-16(17)14(3)18-4/h5-11,14,18H,1-4H3. The molecule has 2 aromatic carbocycles. The molecule has 0 fully saturated rings. The van der Waals surface area contributed by atoms with Gasteiger partial charge in [0.1, 0.15) is 0 Å². The van der Waals surface area contributed by atoms with Gasteiger partial charge >= 0.3 is 0 Å². The maximum Gasteiger partial charge on any atom is 0.0300 e. The molecule has 100 valence electrons. The molecule has 0 amide bonds. The molecule has 0 heterocycles. The molecule has 2 aromatic rings.